The second kappa shape index (κ2) is 7.74. The lowest BCUT2D eigenvalue weighted by atomic mass is 9.90. The number of hydrogen-bond acceptors (Lipinski definition) is 8. The van der Waals surface area contributed by atoms with Gasteiger partial charge in [0.2, 0.25) is 5.13 Å². The molecule has 1 heterocycles. The van der Waals surface area contributed by atoms with Crippen molar-refractivity contribution < 1.29 is 14.6 Å². The van der Waals surface area contributed by atoms with Crippen molar-refractivity contribution in [2.75, 3.05) is 5.32 Å². The highest BCUT2D eigenvalue weighted by Gasteiger charge is 2.26. The van der Waals surface area contributed by atoms with E-state index in [1.165, 1.54) is 24.7 Å². The van der Waals surface area contributed by atoms with Crippen LogP contribution < -0.4 is 5.32 Å². The molecule has 0 saturated heterocycles. The quantitative estimate of drug-likeness (QED) is 0.600. The van der Waals surface area contributed by atoms with E-state index < -0.39 is 27.1 Å². The molecule has 1 aromatic heterocycles. The Labute approximate surface area is 157 Å². The van der Waals surface area contributed by atoms with Crippen LogP contribution in [-0.2, 0) is 0 Å². The van der Waals surface area contributed by atoms with Crippen LogP contribution in [0.2, 0.25) is 0 Å². The van der Waals surface area contributed by atoms with Gasteiger partial charge in [0.05, 0.1) is 15.4 Å². The van der Waals surface area contributed by atoms with Crippen molar-refractivity contribution in [3.8, 4) is 0 Å². The first-order valence-electron chi connectivity index (χ1n) is 8.45. The van der Waals surface area contributed by atoms with Gasteiger partial charge in [0.15, 0.2) is 0 Å². The molecular weight excluding hydrogens is 374 g/mol. The number of rotatable bonds is 5. The monoisotopic (exact) mass is 391 g/mol. The highest BCUT2D eigenvalue weighted by molar-refractivity contribution is 7.15. The number of nitrogens with zero attached hydrogens (tertiary/aromatic N) is 4. The maximum absolute atomic E-state index is 12.4. The zero-order chi connectivity index (χ0) is 19.6. The zero-order valence-electron chi connectivity index (χ0n) is 14.5. The maximum atomic E-state index is 12.4. The molecule has 0 aliphatic heterocycles. The molecule has 1 amide bonds. The van der Waals surface area contributed by atoms with Gasteiger partial charge in [0.25, 0.3) is 17.3 Å². The molecule has 0 atom stereocenters. The minimum Gasteiger partial charge on any atom is -0.296 e. The fourth-order valence-corrected chi connectivity index (χ4v) is 4.07. The first-order chi connectivity index (χ1) is 12.9. The second-order valence-corrected chi connectivity index (χ2v) is 7.40. The molecule has 142 valence electrons. The molecule has 0 radical (unpaired) electrons. The summed E-state index contributed by atoms with van der Waals surface area (Å²) in [6.45, 7) is 1.28. The minimum atomic E-state index is -0.745. The van der Waals surface area contributed by atoms with Crippen LogP contribution in [0.5, 0.6) is 0 Å². The van der Waals surface area contributed by atoms with Gasteiger partial charge in [0, 0.05) is 18.1 Å². The third-order valence-electron chi connectivity index (χ3n) is 4.62. The maximum Gasteiger partial charge on any atom is 0.279 e. The molecule has 11 heteroatoms. The normalized spacial score (nSPS) is 14.7. The smallest absolute Gasteiger partial charge is 0.279 e. The number of nitrogens with one attached hydrogen (secondary N) is 1. The molecule has 0 unspecified atom stereocenters. The van der Waals surface area contributed by atoms with Crippen molar-refractivity contribution in [2.24, 2.45) is 0 Å². The Morgan fingerprint density at radius 1 is 1.11 bits per heavy atom. The van der Waals surface area contributed by atoms with Crippen LogP contribution in [0.3, 0.4) is 0 Å². The Morgan fingerprint density at radius 2 is 1.70 bits per heavy atom. The number of amides is 1. The predicted molar refractivity (Wildman–Crippen MR) is 98.2 cm³/mol. The summed E-state index contributed by atoms with van der Waals surface area (Å²) in [7, 11) is 0. The van der Waals surface area contributed by atoms with E-state index in [0.717, 1.165) is 42.8 Å². The van der Waals surface area contributed by atoms with Crippen LogP contribution in [-0.4, -0.2) is 26.0 Å². The molecule has 1 aliphatic carbocycles. The fourth-order valence-electron chi connectivity index (χ4n) is 3.16. The number of hydrogen-bond donors (Lipinski definition) is 1. The van der Waals surface area contributed by atoms with Gasteiger partial charge in [-0.15, -0.1) is 10.2 Å². The average molecular weight is 391 g/mol. The van der Waals surface area contributed by atoms with Crippen LogP contribution in [0, 0.1) is 27.2 Å². The SMILES string of the molecule is Cc1c([N+](=O)[O-])cc(C(=O)Nc2nnc(C3CCCCC3)s2)cc1[N+](=O)[O-]. The number of anilines is 1. The zero-order valence-corrected chi connectivity index (χ0v) is 15.3. The highest BCUT2D eigenvalue weighted by Crippen LogP contribution is 2.35. The van der Waals surface area contributed by atoms with Crippen molar-refractivity contribution in [1.29, 1.82) is 0 Å². The molecule has 1 fully saturated rings. The predicted octanol–water partition coefficient (Wildman–Crippen LogP) is 3.96. The first kappa shape index (κ1) is 18.8. The summed E-state index contributed by atoms with van der Waals surface area (Å²) in [5.41, 5.74) is -1.23. The van der Waals surface area contributed by atoms with Crippen molar-refractivity contribution in [3.05, 3.63) is 48.5 Å². The average Bonchev–Trinajstić information content (AvgIpc) is 3.10. The van der Waals surface area contributed by atoms with E-state index >= 15 is 0 Å². The van der Waals surface area contributed by atoms with Gasteiger partial charge in [-0.25, -0.2) is 0 Å². The number of aromatic nitrogens is 2. The van der Waals surface area contributed by atoms with Crippen molar-refractivity contribution in [1.82, 2.24) is 10.2 Å². The van der Waals surface area contributed by atoms with E-state index in [-0.39, 0.29) is 16.3 Å². The number of nitro benzene ring substituents is 2. The second-order valence-electron chi connectivity index (χ2n) is 6.39. The number of carbonyl (C=O) groups is 1. The molecule has 1 saturated carbocycles. The molecular formula is C16H17N5O5S. The van der Waals surface area contributed by atoms with E-state index in [1.54, 1.807) is 0 Å². The van der Waals surface area contributed by atoms with Gasteiger partial charge in [-0.2, -0.15) is 0 Å². The van der Waals surface area contributed by atoms with Crippen molar-refractivity contribution in [2.45, 2.75) is 44.9 Å². The van der Waals surface area contributed by atoms with Gasteiger partial charge in [-0.1, -0.05) is 30.6 Å². The third-order valence-corrected chi connectivity index (χ3v) is 5.63. The first-order valence-corrected chi connectivity index (χ1v) is 9.26. The third kappa shape index (κ3) is 4.08. The topological polar surface area (TPSA) is 141 Å². The summed E-state index contributed by atoms with van der Waals surface area (Å²) in [6.07, 6.45) is 5.58. The summed E-state index contributed by atoms with van der Waals surface area (Å²) in [6, 6.07) is 2.06. The summed E-state index contributed by atoms with van der Waals surface area (Å²) in [5.74, 6) is -0.365. The van der Waals surface area contributed by atoms with Crippen molar-refractivity contribution in [3.63, 3.8) is 0 Å². The van der Waals surface area contributed by atoms with Crippen LogP contribution in [0.25, 0.3) is 0 Å². The number of benzene rings is 1. The molecule has 3 rings (SSSR count). The summed E-state index contributed by atoms with van der Waals surface area (Å²) >= 11 is 1.26. The van der Waals surface area contributed by atoms with Gasteiger partial charge in [0.1, 0.15) is 10.6 Å². The van der Waals surface area contributed by atoms with Gasteiger partial charge < -0.3 is 0 Å². The molecule has 27 heavy (non-hydrogen) atoms. The highest BCUT2D eigenvalue weighted by atomic mass is 32.1. The minimum absolute atomic E-state index is 0.1000. The molecule has 0 bridgehead atoms. The van der Waals surface area contributed by atoms with E-state index in [2.05, 4.69) is 15.5 Å². The molecule has 1 aromatic carbocycles. The van der Waals surface area contributed by atoms with E-state index in [0.29, 0.717) is 5.92 Å². The fraction of sp³-hybridized carbons (Fsp3) is 0.438. The van der Waals surface area contributed by atoms with E-state index in [1.807, 2.05) is 0 Å². The molecule has 10 nitrogen and oxygen atoms in total. The van der Waals surface area contributed by atoms with Crippen molar-refractivity contribution >= 4 is 33.8 Å². The van der Waals surface area contributed by atoms with E-state index in [4.69, 9.17) is 0 Å². The molecule has 0 spiro atoms. The van der Waals surface area contributed by atoms with Gasteiger partial charge >= 0.3 is 0 Å². The van der Waals surface area contributed by atoms with Crippen LogP contribution >= 0.6 is 11.3 Å². The lowest BCUT2D eigenvalue weighted by Gasteiger charge is -2.18. The van der Waals surface area contributed by atoms with Gasteiger partial charge in [-0.05, 0) is 19.8 Å². The van der Waals surface area contributed by atoms with E-state index in [9.17, 15) is 25.0 Å². The van der Waals surface area contributed by atoms with Crippen LogP contribution in [0.15, 0.2) is 12.1 Å². The molecule has 2 aromatic rings. The number of nitro groups is 2. The lowest BCUT2D eigenvalue weighted by Crippen LogP contribution is -2.13. The summed E-state index contributed by atoms with van der Waals surface area (Å²) in [4.78, 5) is 33.2. The Hall–Kier alpha value is -2.95. The Balaban J connectivity index is 1.83. The summed E-state index contributed by atoms with van der Waals surface area (Å²) < 4.78 is 0. The Bertz CT molecular complexity index is 871. The van der Waals surface area contributed by atoms with Gasteiger partial charge in [-0.3, -0.25) is 30.3 Å². The molecule has 1 N–H and O–H groups in total. The van der Waals surface area contributed by atoms with Crippen LogP contribution in [0.1, 0.15) is 59.0 Å². The lowest BCUT2D eigenvalue weighted by molar-refractivity contribution is -0.395. The van der Waals surface area contributed by atoms with Crippen LogP contribution in [0.4, 0.5) is 16.5 Å². The standard InChI is InChI=1S/C16H17N5O5S/c1-9-12(20(23)24)7-11(8-13(9)21(25)26)14(22)17-16-19-18-15(27-16)10-5-3-2-4-6-10/h7-8,10H,2-6H2,1H3,(H,17,19,22). The molecule has 1 aliphatic rings. The summed E-state index contributed by atoms with van der Waals surface area (Å²) in [5, 5.41) is 34.0. The number of carbonyl (C=O) groups excluding carboxylic acids is 1. The Kier molecular flexibility index (Phi) is 5.40. The largest absolute Gasteiger partial charge is 0.296 e. The Morgan fingerprint density at radius 3 is 2.26 bits per heavy atom.